The summed E-state index contributed by atoms with van der Waals surface area (Å²) < 4.78 is 0. The number of carbonyl (C=O) groups is 1. The third kappa shape index (κ3) is 4.78. The lowest BCUT2D eigenvalue weighted by Crippen LogP contribution is -2.26. The molecule has 0 bridgehead atoms. The molecule has 0 radical (unpaired) electrons. The number of amides is 1. The van der Waals surface area contributed by atoms with Gasteiger partial charge in [-0.3, -0.25) is 4.79 Å². The number of aryl methyl sites for hydroxylation is 1. The molecule has 1 aromatic heterocycles. The molecule has 1 aliphatic rings. The predicted molar refractivity (Wildman–Crippen MR) is 98.2 cm³/mol. The zero-order valence-corrected chi connectivity index (χ0v) is 14.3. The summed E-state index contributed by atoms with van der Waals surface area (Å²) in [7, 11) is 0. The molecule has 0 atom stereocenters. The molecule has 1 N–H and O–H groups in total. The molecule has 0 saturated heterocycles. The summed E-state index contributed by atoms with van der Waals surface area (Å²) in [5.41, 5.74) is 1.38. The van der Waals surface area contributed by atoms with E-state index >= 15 is 0 Å². The Labute approximate surface area is 139 Å². The third-order valence-corrected chi connectivity index (χ3v) is 3.58. The number of nitrogens with one attached hydrogen (secondary N) is 1. The first-order valence-corrected chi connectivity index (χ1v) is 8.00. The fraction of sp³-hybridized carbons (Fsp3) is 0.300. The zero-order valence-electron chi connectivity index (χ0n) is 14.3. The molecule has 1 fully saturated rings. The Morgan fingerprint density at radius 3 is 2.48 bits per heavy atom. The van der Waals surface area contributed by atoms with E-state index in [0.717, 1.165) is 24.1 Å². The molecular formula is C20H26N2O. The molecule has 1 aromatic rings. The molecule has 1 saturated carbocycles. The third-order valence-electron chi connectivity index (χ3n) is 3.58. The number of carbonyl (C=O) groups excluding carboxylic acids is 1. The Bertz CT molecular complexity index is 622. The minimum absolute atomic E-state index is 0.0117. The normalized spacial score (nSPS) is 15.3. The summed E-state index contributed by atoms with van der Waals surface area (Å²) in [6.07, 6.45) is 10.7. The van der Waals surface area contributed by atoms with Crippen molar-refractivity contribution >= 4 is 11.7 Å². The smallest absolute Gasteiger partial charge is 0.236 e. The largest absolute Gasteiger partial charge is 0.310 e. The van der Waals surface area contributed by atoms with Crippen LogP contribution in [0.15, 0.2) is 67.3 Å². The lowest BCUT2D eigenvalue weighted by atomic mass is 9.93. The Morgan fingerprint density at radius 1 is 1.26 bits per heavy atom. The average molecular weight is 310 g/mol. The van der Waals surface area contributed by atoms with Gasteiger partial charge in [0.05, 0.1) is 5.41 Å². The van der Waals surface area contributed by atoms with Gasteiger partial charge in [0.2, 0.25) is 5.91 Å². The van der Waals surface area contributed by atoms with E-state index in [1.54, 1.807) is 18.2 Å². The van der Waals surface area contributed by atoms with Crippen molar-refractivity contribution in [1.29, 1.82) is 0 Å². The topological polar surface area (TPSA) is 42.0 Å². The Hall–Kier alpha value is -2.42. The maximum absolute atomic E-state index is 12.6. The Kier molecular flexibility index (Phi) is 7.20. The maximum atomic E-state index is 12.6. The Balaban J connectivity index is 0.00000127. The van der Waals surface area contributed by atoms with Gasteiger partial charge in [-0.1, -0.05) is 63.5 Å². The second kappa shape index (κ2) is 8.89. The van der Waals surface area contributed by atoms with E-state index < -0.39 is 5.41 Å². The minimum Gasteiger partial charge on any atom is -0.310 e. The van der Waals surface area contributed by atoms with Crippen LogP contribution in [-0.4, -0.2) is 10.9 Å². The summed E-state index contributed by atoms with van der Waals surface area (Å²) in [5.74, 6) is 0.583. The standard InChI is InChI=1S/C18H20N2O.C2H6/c1-4-6-10-15(8-5-2)18(12-13-18)17(21)20-16-11-7-9-14(3)19-16;1-2/h4-11H,1-2,12-13H2,3H3,(H,19,20,21);1-2H3/b10-6-,15-8+;. The van der Waals surface area contributed by atoms with E-state index in [1.807, 2.05) is 51.1 Å². The van der Waals surface area contributed by atoms with Crippen LogP contribution in [0.5, 0.6) is 0 Å². The number of allylic oxidation sites excluding steroid dienone is 5. The zero-order chi connectivity index (χ0) is 17.3. The van der Waals surface area contributed by atoms with E-state index in [2.05, 4.69) is 23.5 Å². The fourth-order valence-corrected chi connectivity index (χ4v) is 2.29. The fourth-order valence-electron chi connectivity index (χ4n) is 2.29. The van der Waals surface area contributed by atoms with E-state index in [-0.39, 0.29) is 5.91 Å². The monoisotopic (exact) mass is 310 g/mol. The van der Waals surface area contributed by atoms with Gasteiger partial charge in [-0.15, -0.1) is 0 Å². The first-order valence-electron chi connectivity index (χ1n) is 8.00. The molecule has 23 heavy (non-hydrogen) atoms. The van der Waals surface area contributed by atoms with Gasteiger partial charge in [0.15, 0.2) is 0 Å². The number of rotatable bonds is 6. The molecule has 122 valence electrons. The van der Waals surface area contributed by atoms with E-state index in [1.165, 1.54) is 0 Å². The van der Waals surface area contributed by atoms with Crippen molar-refractivity contribution in [3.63, 3.8) is 0 Å². The second-order valence-electron chi connectivity index (χ2n) is 5.15. The molecule has 0 unspecified atom stereocenters. The summed E-state index contributed by atoms with van der Waals surface area (Å²) in [4.78, 5) is 16.9. The van der Waals surface area contributed by atoms with Gasteiger partial charge in [-0.05, 0) is 37.5 Å². The summed E-state index contributed by atoms with van der Waals surface area (Å²) in [6.45, 7) is 13.3. The number of aromatic nitrogens is 1. The first kappa shape index (κ1) is 18.6. The number of anilines is 1. The van der Waals surface area contributed by atoms with E-state index in [9.17, 15) is 4.79 Å². The second-order valence-corrected chi connectivity index (χ2v) is 5.15. The summed E-state index contributed by atoms with van der Waals surface area (Å²) in [5, 5.41) is 2.92. The number of hydrogen-bond donors (Lipinski definition) is 1. The van der Waals surface area contributed by atoms with Crippen molar-refractivity contribution in [2.75, 3.05) is 5.32 Å². The Morgan fingerprint density at radius 2 is 1.96 bits per heavy atom. The van der Waals surface area contributed by atoms with Crippen LogP contribution in [-0.2, 0) is 4.79 Å². The van der Waals surface area contributed by atoms with Gasteiger partial charge in [-0.25, -0.2) is 4.98 Å². The van der Waals surface area contributed by atoms with Crippen molar-refractivity contribution in [3.05, 3.63) is 73.0 Å². The van der Waals surface area contributed by atoms with Crippen molar-refractivity contribution in [1.82, 2.24) is 4.98 Å². The van der Waals surface area contributed by atoms with Crippen LogP contribution in [0.25, 0.3) is 0 Å². The number of hydrogen-bond acceptors (Lipinski definition) is 2. The average Bonchev–Trinajstić information content (AvgIpc) is 3.35. The van der Waals surface area contributed by atoms with Gasteiger partial charge >= 0.3 is 0 Å². The molecule has 3 nitrogen and oxygen atoms in total. The number of pyridine rings is 1. The van der Waals surface area contributed by atoms with Crippen molar-refractivity contribution < 1.29 is 4.79 Å². The highest BCUT2D eigenvalue weighted by Gasteiger charge is 2.51. The molecule has 2 rings (SSSR count). The summed E-state index contributed by atoms with van der Waals surface area (Å²) in [6, 6.07) is 5.59. The quantitative estimate of drug-likeness (QED) is 0.752. The van der Waals surface area contributed by atoms with Crippen LogP contribution in [0, 0.1) is 12.3 Å². The molecule has 0 aliphatic heterocycles. The lowest BCUT2D eigenvalue weighted by Gasteiger charge is -2.16. The van der Waals surface area contributed by atoms with Gasteiger partial charge in [0, 0.05) is 5.69 Å². The molecule has 0 aromatic carbocycles. The minimum atomic E-state index is -0.459. The van der Waals surface area contributed by atoms with Gasteiger partial charge in [0.25, 0.3) is 0 Å². The molecular weight excluding hydrogens is 284 g/mol. The number of nitrogens with zero attached hydrogens (tertiary/aromatic N) is 1. The first-order chi connectivity index (χ1) is 11.1. The van der Waals surface area contributed by atoms with Crippen LogP contribution < -0.4 is 5.32 Å². The van der Waals surface area contributed by atoms with Gasteiger partial charge in [-0.2, -0.15) is 0 Å². The molecule has 0 spiro atoms. The van der Waals surface area contributed by atoms with Gasteiger partial charge < -0.3 is 5.32 Å². The highest BCUT2D eigenvalue weighted by atomic mass is 16.2. The summed E-state index contributed by atoms with van der Waals surface area (Å²) >= 11 is 0. The molecule has 1 aliphatic carbocycles. The molecule has 3 heteroatoms. The van der Waals surface area contributed by atoms with E-state index in [0.29, 0.717) is 5.82 Å². The van der Waals surface area contributed by atoms with Crippen LogP contribution >= 0.6 is 0 Å². The van der Waals surface area contributed by atoms with Crippen molar-refractivity contribution in [3.8, 4) is 0 Å². The van der Waals surface area contributed by atoms with Crippen LogP contribution in [0.1, 0.15) is 32.4 Å². The predicted octanol–water partition coefficient (Wildman–Crippen LogP) is 4.99. The van der Waals surface area contributed by atoms with Crippen LogP contribution in [0.3, 0.4) is 0 Å². The molecule has 1 amide bonds. The van der Waals surface area contributed by atoms with Gasteiger partial charge in [0.1, 0.15) is 5.82 Å². The van der Waals surface area contributed by atoms with Crippen molar-refractivity contribution in [2.45, 2.75) is 33.6 Å². The van der Waals surface area contributed by atoms with Crippen LogP contribution in [0.4, 0.5) is 5.82 Å². The molecule has 1 heterocycles. The SMILES string of the molecule is C=C/C=C\C(=C/C=C)C1(C(=O)Nc2cccc(C)n2)CC1.CC. The maximum Gasteiger partial charge on any atom is 0.236 e. The highest BCUT2D eigenvalue weighted by Crippen LogP contribution is 2.53. The lowest BCUT2D eigenvalue weighted by molar-refractivity contribution is -0.119. The van der Waals surface area contributed by atoms with E-state index in [4.69, 9.17) is 0 Å². The van der Waals surface area contributed by atoms with Crippen LogP contribution in [0.2, 0.25) is 0 Å². The van der Waals surface area contributed by atoms with Crippen molar-refractivity contribution in [2.24, 2.45) is 5.41 Å². The highest BCUT2D eigenvalue weighted by molar-refractivity contribution is 5.99.